The van der Waals surface area contributed by atoms with Gasteiger partial charge in [-0.15, -0.1) is 0 Å². The van der Waals surface area contributed by atoms with E-state index in [1.807, 2.05) is 12.1 Å². The molecule has 3 heteroatoms. The van der Waals surface area contributed by atoms with Crippen molar-refractivity contribution in [1.82, 2.24) is 0 Å². The molecule has 3 rings (SSSR count). The monoisotopic (exact) mass is 440 g/mol. The zero-order chi connectivity index (χ0) is 21.9. The Morgan fingerprint density at radius 3 is 1.71 bits per heavy atom. The Balaban J connectivity index is 1.87. The van der Waals surface area contributed by atoms with Gasteiger partial charge in [0.25, 0.3) is 0 Å². The van der Waals surface area contributed by atoms with E-state index in [9.17, 15) is 0 Å². The molecular weight excluding hydrogens is 404 g/mol. The first-order chi connectivity index (χ1) is 15.3. The summed E-state index contributed by atoms with van der Waals surface area (Å²) in [7, 11) is 0. The van der Waals surface area contributed by atoms with Gasteiger partial charge in [-0.05, 0) is 18.9 Å². The zero-order valence-corrected chi connectivity index (χ0v) is 20.0. The van der Waals surface area contributed by atoms with Crippen LogP contribution in [0.15, 0.2) is 42.5 Å². The molecule has 0 N–H and O–H groups in total. The Hall–Kier alpha value is -1.93. The van der Waals surface area contributed by atoms with Gasteiger partial charge >= 0.3 is 0 Å². The first-order valence-electron chi connectivity index (χ1n) is 12.2. The van der Waals surface area contributed by atoms with E-state index in [2.05, 4.69) is 44.2 Å². The van der Waals surface area contributed by atoms with E-state index in [0.717, 1.165) is 57.5 Å². The van der Waals surface area contributed by atoms with Gasteiger partial charge in [0.05, 0.1) is 18.2 Å². The molecule has 0 atom stereocenters. The SMILES string of the molecule is CCCCCCCOc1c2ccccc2c(OCCCCCCC)c2c(Cl)cccc12. The van der Waals surface area contributed by atoms with Crippen molar-refractivity contribution in [3.63, 3.8) is 0 Å². The minimum absolute atomic E-state index is 0.714. The highest BCUT2D eigenvalue weighted by Crippen LogP contribution is 2.45. The molecule has 0 aliphatic carbocycles. The molecule has 2 nitrogen and oxygen atoms in total. The molecule has 3 aromatic rings. The van der Waals surface area contributed by atoms with Gasteiger partial charge in [-0.25, -0.2) is 0 Å². The van der Waals surface area contributed by atoms with Crippen LogP contribution in [-0.2, 0) is 0 Å². The number of hydrogen-bond acceptors (Lipinski definition) is 2. The molecule has 3 aromatic carbocycles. The molecular formula is C28H37ClO2. The van der Waals surface area contributed by atoms with Crippen LogP contribution in [0.3, 0.4) is 0 Å². The Labute approximate surface area is 192 Å². The van der Waals surface area contributed by atoms with Crippen LogP contribution in [0.25, 0.3) is 21.5 Å². The van der Waals surface area contributed by atoms with Gasteiger partial charge in [0.15, 0.2) is 0 Å². The number of hydrogen-bond donors (Lipinski definition) is 0. The van der Waals surface area contributed by atoms with Crippen molar-refractivity contribution in [1.29, 1.82) is 0 Å². The maximum atomic E-state index is 6.70. The van der Waals surface area contributed by atoms with E-state index in [1.54, 1.807) is 0 Å². The molecule has 0 bridgehead atoms. The summed E-state index contributed by atoms with van der Waals surface area (Å²) < 4.78 is 12.8. The topological polar surface area (TPSA) is 18.5 Å². The van der Waals surface area contributed by atoms with Gasteiger partial charge in [0.1, 0.15) is 11.5 Å². The molecule has 31 heavy (non-hydrogen) atoms. The third-order valence-corrected chi connectivity index (χ3v) is 6.21. The van der Waals surface area contributed by atoms with Crippen molar-refractivity contribution in [3.8, 4) is 11.5 Å². The Bertz CT molecular complexity index is 951. The number of unbranched alkanes of at least 4 members (excludes halogenated alkanes) is 8. The lowest BCUT2D eigenvalue weighted by atomic mass is 10.0. The Kier molecular flexibility index (Phi) is 9.81. The largest absolute Gasteiger partial charge is 0.492 e. The first-order valence-corrected chi connectivity index (χ1v) is 12.5. The zero-order valence-electron chi connectivity index (χ0n) is 19.2. The minimum Gasteiger partial charge on any atom is -0.492 e. The van der Waals surface area contributed by atoms with Crippen LogP contribution in [0, 0.1) is 0 Å². The third kappa shape index (κ3) is 6.29. The summed E-state index contributed by atoms with van der Waals surface area (Å²) in [6.07, 6.45) is 12.2. The highest BCUT2D eigenvalue weighted by molar-refractivity contribution is 6.37. The molecule has 0 amide bonds. The molecule has 0 aliphatic heterocycles. The second kappa shape index (κ2) is 12.8. The Morgan fingerprint density at radius 2 is 1.10 bits per heavy atom. The quantitative estimate of drug-likeness (QED) is 0.183. The summed E-state index contributed by atoms with van der Waals surface area (Å²) in [5.74, 6) is 1.82. The average Bonchev–Trinajstić information content (AvgIpc) is 2.79. The van der Waals surface area contributed by atoms with Gasteiger partial charge in [0.2, 0.25) is 0 Å². The van der Waals surface area contributed by atoms with E-state index >= 15 is 0 Å². The second-order valence-electron chi connectivity index (χ2n) is 8.39. The van der Waals surface area contributed by atoms with Gasteiger partial charge in [0, 0.05) is 21.5 Å². The summed E-state index contributed by atoms with van der Waals surface area (Å²) >= 11 is 6.70. The lowest BCUT2D eigenvalue weighted by molar-refractivity contribution is 0.306. The summed E-state index contributed by atoms with van der Waals surface area (Å²) in [6, 6.07) is 14.4. The minimum atomic E-state index is 0.714. The summed E-state index contributed by atoms with van der Waals surface area (Å²) in [6.45, 7) is 5.93. The van der Waals surface area contributed by atoms with Crippen LogP contribution in [0.5, 0.6) is 11.5 Å². The van der Waals surface area contributed by atoms with E-state index in [4.69, 9.17) is 21.1 Å². The number of fused-ring (bicyclic) bond motifs is 2. The molecule has 0 fully saturated rings. The van der Waals surface area contributed by atoms with E-state index in [1.165, 1.54) is 51.4 Å². The van der Waals surface area contributed by atoms with E-state index < -0.39 is 0 Å². The number of halogens is 1. The van der Waals surface area contributed by atoms with Crippen LogP contribution in [0.1, 0.15) is 78.1 Å². The van der Waals surface area contributed by atoms with Gasteiger partial charge < -0.3 is 9.47 Å². The fourth-order valence-corrected chi connectivity index (χ4v) is 4.43. The van der Waals surface area contributed by atoms with E-state index in [0.29, 0.717) is 6.61 Å². The van der Waals surface area contributed by atoms with Crippen LogP contribution >= 0.6 is 11.6 Å². The van der Waals surface area contributed by atoms with Crippen LogP contribution in [0.2, 0.25) is 5.02 Å². The first kappa shape index (κ1) is 23.7. The molecule has 0 heterocycles. The molecule has 0 spiro atoms. The fraction of sp³-hybridized carbons (Fsp3) is 0.500. The van der Waals surface area contributed by atoms with Crippen molar-refractivity contribution in [2.45, 2.75) is 78.1 Å². The highest BCUT2D eigenvalue weighted by atomic mass is 35.5. The summed E-state index contributed by atoms with van der Waals surface area (Å²) in [5.41, 5.74) is 0. The number of ether oxygens (including phenoxy) is 2. The highest BCUT2D eigenvalue weighted by Gasteiger charge is 2.18. The smallest absolute Gasteiger partial charge is 0.136 e. The van der Waals surface area contributed by atoms with Crippen molar-refractivity contribution in [2.75, 3.05) is 13.2 Å². The molecule has 0 unspecified atom stereocenters. The summed E-state index contributed by atoms with van der Waals surface area (Å²) in [5, 5.41) is 4.92. The summed E-state index contributed by atoms with van der Waals surface area (Å²) in [4.78, 5) is 0. The second-order valence-corrected chi connectivity index (χ2v) is 8.80. The van der Waals surface area contributed by atoms with Gasteiger partial charge in [-0.3, -0.25) is 0 Å². The van der Waals surface area contributed by atoms with Crippen molar-refractivity contribution in [3.05, 3.63) is 47.5 Å². The van der Waals surface area contributed by atoms with Crippen molar-refractivity contribution in [2.24, 2.45) is 0 Å². The normalized spacial score (nSPS) is 11.3. The Morgan fingerprint density at radius 1 is 0.581 bits per heavy atom. The molecule has 0 saturated heterocycles. The average molecular weight is 441 g/mol. The van der Waals surface area contributed by atoms with Gasteiger partial charge in [-0.2, -0.15) is 0 Å². The number of benzene rings is 3. The molecule has 0 saturated carbocycles. The predicted molar refractivity (Wildman–Crippen MR) is 135 cm³/mol. The third-order valence-electron chi connectivity index (χ3n) is 5.89. The molecule has 0 radical (unpaired) electrons. The fourth-order valence-electron chi connectivity index (χ4n) is 4.17. The van der Waals surface area contributed by atoms with Crippen LogP contribution in [0.4, 0.5) is 0 Å². The lowest BCUT2D eigenvalue weighted by Crippen LogP contribution is -2.02. The maximum absolute atomic E-state index is 6.70. The van der Waals surface area contributed by atoms with E-state index in [-0.39, 0.29) is 0 Å². The molecule has 168 valence electrons. The van der Waals surface area contributed by atoms with Crippen LogP contribution in [-0.4, -0.2) is 13.2 Å². The number of rotatable bonds is 14. The van der Waals surface area contributed by atoms with Crippen LogP contribution < -0.4 is 9.47 Å². The predicted octanol–water partition coefficient (Wildman–Crippen LogP) is 9.34. The molecule has 0 aromatic heterocycles. The standard InChI is InChI=1S/C28H37ClO2/c1-3-5-7-9-13-20-30-27-22-16-11-12-17-23(22)28(31-21-14-10-8-6-4-2)26-24(27)18-15-19-25(26)29/h11-12,15-19H,3-10,13-14,20-21H2,1-2H3. The molecule has 0 aliphatic rings. The van der Waals surface area contributed by atoms with Crippen molar-refractivity contribution >= 4 is 33.1 Å². The lowest BCUT2D eigenvalue weighted by Gasteiger charge is -2.18. The maximum Gasteiger partial charge on any atom is 0.136 e. The van der Waals surface area contributed by atoms with Crippen molar-refractivity contribution < 1.29 is 9.47 Å². The van der Waals surface area contributed by atoms with Gasteiger partial charge in [-0.1, -0.05) is 113 Å².